The third kappa shape index (κ3) is 5.72. The summed E-state index contributed by atoms with van der Waals surface area (Å²) in [4.78, 5) is 22.8. The van der Waals surface area contributed by atoms with Crippen LogP contribution in [0.2, 0.25) is 5.02 Å². The zero-order valence-corrected chi connectivity index (χ0v) is 22.2. The Hall–Kier alpha value is -2.60. The van der Waals surface area contributed by atoms with Gasteiger partial charge in [-0.15, -0.1) is 0 Å². The highest BCUT2D eigenvalue weighted by Gasteiger charge is 2.26. The van der Waals surface area contributed by atoms with Crippen molar-refractivity contribution in [2.24, 2.45) is 0 Å². The van der Waals surface area contributed by atoms with Crippen molar-refractivity contribution in [3.63, 3.8) is 0 Å². The molecule has 3 N–H and O–H groups in total. The number of amides is 1. The predicted molar refractivity (Wildman–Crippen MR) is 141 cm³/mol. The van der Waals surface area contributed by atoms with Gasteiger partial charge in [0.05, 0.1) is 10.2 Å². The summed E-state index contributed by atoms with van der Waals surface area (Å²) in [6.07, 6.45) is 3.22. The highest BCUT2D eigenvalue weighted by atomic mass is 127. The molecule has 2 aromatic heterocycles. The summed E-state index contributed by atoms with van der Waals surface area (Å²) in [7, 11) is 0. The number of aromatic amines is 1. The number of nitrogens with zero attached hydrogens (tertiary/aromatic N) is 4. The van der Waals surface area contributed by atoms with Crippen LogP contribution in [0, 0.1) is 17.4 Å². The second-order valence-corrected chi connectivity index (χ2v) is 9.79. The van der Waals surface area contributed by atoms with Gasteiger partial charge in [-0.3, -0.25) is 5.10 Å². The van der Waals surface area contributed by atoms with Gasteiger partial charge in [-0.25, -0.2) is 9.78 Å². The van der Waals surface area contributed by atoms with E-state index in [2.05, 4.69) is 59.5 Å². The third-order valence-corrected chi connectivity index (χ3v) is 6.86. The van der Waals surface area contributed by atoms with Crippen LogP contribution in [-0.2, 0) is 4.74 Å². The molecule has 0 saturated carbocycles. The molecule has 0 spiro atoms. The SMILES string of the molecule is CCOC(=O)N1CCC(c2cc(C)c(Nc3ncc(I)c(Nc4cc(C)[nH]n4)n3)cc2Cl)CC1. The van der Waals surface area contributed by atoms with Gasteiger partial charge < -0.3 is 20.3 Å². The van der Waals surface area contributed by atoms with Crippen LogP contribution in [0.5, 0.6) is 0 Å². The number of H-pyrrole nitrogens is 1. The van der Waals surface area contributed by atoms with E-state index in [0.29, 0.717) is 48.2 Å². The van der Waals surface area contributed by atoms with Crippen molar-refractivity contribution in [2.45, 2.75) is 39.5 Å². The molecule has 0 aliphatic carbocycles. The number of aryl methyl sites for hydroxylation is 2. The second kappa shape index (κ2) is 10.8. The Bertz CT molecular complexity index is 1180. The lowest BCUT2D eigenvalue weighted by Crippen LogP contribution is -2.38. The number of carbonyl (C=O) groups excluding carboxylic acids is 1. The predicted octanol–water partition coefficient (Wildman–Crippen LogP) is 5.90. The van der Waals surface area contributed by atoms with Crippen molar-refractivity contribution < 1.29 is 9.53 Å². The van der Waals surface area contributed by atoms with E-state index >= 15 is 0 Å². The van der Waals surface area contributed by atoms with Crippen LogP contribution in [0.1, 0.15) is 42.5 Å². The molecular weight excluding hydrogens is 569 g/mol. The van der Waals surface area contributed by atoms with E-state index in [1.807, 2.05) is 32.9 Å². The van der Waals surface area contributed by atoms with E-state index in [-0.39, 0.29) is 6.09 Å². The molecule has 1 fully saturated rings. The smallest absolute Gasteiger partial charge is 0.409 e. The summed E-state index contributed by atoms with van der Waals surface area (Å²) in [5.74, 6) is 2.12. The van der Waals surface area contributed by atoms with E-state index in [9.17, 15) is 4.79 Å². The van der Waals surface area contributed by atoms with Crippen LogP contribution in [-0.4, -0.2) is 50.9 Å². The minimum atomic E-state index is -0.239. The Balaban J connectivity index is 1.46. The number of anilines is 4. The van der Waals surface area contributed by atoms with E-state index in [0.717, 1.165) is 38.9 Å². The number of rotatable bonds is 6. The molecule has 0 bridgehead atoms. The number of aromatic nitrogens is 4. The Labute approximate surface area is 217 Å². The van der Waals surface area contributed by atoms with E-state index in [1.165, 1.54) is 0 Å². The van der Waals surface area contributed by atoms with Crippen molar-refractivity contribution in [1.29, 1.82) is 0 Å². The Kier molecular flexibility index (Phi) is 7.77. The Morgan fingerprint density at radius 3 is 2.71 bits per heavy atom. The molecule has 0 radical (unpaired) electrons. The monoisotopic (exact) mass is 595 g/mol. The zero-order valence-electron chi connectivity index (χ0n) is 19.3. The maximum Gasteiger partial charge on any atom is 0.409 e. The topological polar surface area (TPSA) is 108 Å². The first-order valence-electron chi connectivity index (χ1n) is 11.1. The van der Waals surface area contributed by atoms with Gasteiger partial charge in [0.1, 0.15) is 0 Å². The molecule has 1 aromatic carbocycles. The quantitative estimate of drug-likeness (QED) is 0.305. The first-order valence-corrected chi connectivity index (χ1v) is 12.6. The van der Waals surface area contributed by atoms with Gasteiger partial charge >= 0.3 is 6.09 Å². The fourth-order valence-electron chi connectivity index (χ4n) is 3.98. The lowest BCUT2D eigenvalue weighted by molar-refractivity contribution is 0.0971. The van der Waals surface area contributed by atoms with Gasteiger partial charge in [-0.05, 0) is 79.3 Å². The first-order chi connectivity index (χ1) is 16.3. The van der Waals surface area contributed by atoms with Crippen molar-refractivity contribution in [3.8, 4) is 0 Å². The molecule has 1 aliphatic rings. The Morgan fingerprint density at radius 1 is 1.26 bits per heavy atom. The van der Waals surface area contributed by atoms with Gasteiger partial charge in [0, 0.05) is 41.8 Å². The first kappa shape index (κ1) is 24.5. The van der Waals surface area contributed by atoms with Crippen molar-refractivity contribution in [1.82, 2.24) is 25.1 Å². The molecule has 4 rings (SSSR count). The van der Waals surface area contributed by atoms with Gasteiger partial charge in [0.25, 0.3) is 0 Å². The number of hydrogen-bond acceptors (Lipinski definition) is 7. The number of ether oxygens (including phenoxy) is 1. The van der Waals surface area contributed by atoms with Crippen LogP contribution in [0.25, 0.3) is 0 Å². The summed E-state index contributed by atoms with van der Waals surface area (Å²) in [6.45, 7) is 7.52. The minimum Gasteiger partial charge on any atom is -0.450 e. The highest BCUT2D eigenvalue weighted by molar-refractivity contribution is 14.1. The van der Waals surface area contributed by atoms with E-state index < -0.39 is 0 Å². The molecule has 9 nitrogen and oxygen atoms in total. The van der Waals surface area contributed by atoms with Crippen LogP contribution < -0.4 is 10.6 Å². The zero-order chi connectivity index (χ0) is 24.2. The van der Waals surface area contributed by atoms with E-state index in [4.69, 9.17) is 16.3 Å². The molecule has 34 heavy (non-hydrogen) atoms. The number of carbonyl (C=O) groups is 1. The molecule has 1 amide bonds. The molecule has 3 heterocycles. The summed E-state index contributed by atoms with van der Waals surface area (Å²) < 4.78 is 6.00. The fourth-order valence-corrected chi connectivity index (χ4v) is 4.69. The maximum atomic E-state index is 12.0. The molecule has 3 aromatic rings. The summed E-state index contributed by atoms with van der Waals surface area (Å²) in [6, 6.07) is 5.95. The number of halogens is 2. The molecule has 1 saturated heterocycles. The summed E-state index contributed by atoms with van der Waals surface area (Å²) in [5.41, 5.74) is 3.96. The van der Waals surface area contributed by atoms with Crippen molar-refractivity contribution >= 4 is 63.6 Å². The molecule has 1 aliphatic heterocycles. The van der Waals surface area contributed by atoms with Gasteiger partial charge in [-0.2, -0.15) is 10.1 Å². The largest absolute Gasteiger partial charge is 0.450 e. The number of nitrogens with one attached hydrogen (secondary N) is 3. The third-order valence-electron chi connectivity index (χ3n) is 5.75. The van der Waals surface area contributed by atoms with Crippen molar-refractivity contribution in [3.05, 3.63) is 49.8 Å². The standard InChI is InChI=1S/C23H27ClIN7O2/c1-4-34-23(33)32-7-5-15(6-8-32)16-9-13(2)19(11-17(16)24)27-22-26-12-18(25)21(29-22)28-20-10-14(3)30-31-20/h9-12,15H,4-8H2,1-3H3,(H3,26,27,28,29,30,31). The Morgan fingerprint density at radius 2 is 2.03 bits per heavy atom. The molecule has 0 atom stereocenters. The van der Waals surface area contributed by atoms with Crippen LogP contribution in [0.15, 0.2) is 24.4 Å². The number of piperidine rings is 1. The lowest BCUT2D eigenvalue weighted by Gasteiger charge is -2.32. The van der Waals surface area contributed by atoms with Gasteiger partial charge in [0.15, 0.2) is 11.6 Å². The number of likely N-dealkylation sites (tertiary alicyclic amines) is 1. The number of hydrogen-bond donors (Lipinski definition) is 3. The summed E-state index contributed by atoms with van der Waals surface area (Å²) >= 11 is 8.89. The normalized spacial score (nSPS) is 14.2. The van der Waals surface area contributed by atoms with E-state index in [1.54, 1.807) is 11.1 Å². The van der Waals surface area contributed by atoms with Crippen LogP contribution in [0.3, 0.4) is 0 Å². The molecular formula is C23H27ClIN7O2. The fraction of sp³-hybridized carbons (Fsp3) is 0.391. The highest BCUT2D eigenvalue weighted by Crippen LogP contribution is 2.36. The van der Waals surface area contributed by atoms with Crippen LogP contribution >= 0.6 is 34.2 Å². The molecule has 11 heteroatoms. The van der Waals surface area contributed by atoms with Crippen LogP contribution in [0.4, 0.5) is 28.1 Å². The summed E-state index contributed by atoms with van der Waals surface area (Å²) in [5, 5.41) is 14.3. The molecule has 0 unspecified atom stereocenters. The second-order valence-electron chi connectivity index (χ2n) is 8.23. The number of benzene rings is 1. The van der Waals surface area contributed by atoms with Crippen molar-refractivity contribution in [2.75, 3.05) is 30.3 Å². The maximum absolute atomic E-state index is 12.0. The van der Waals surface area contributed by atoms with Gasteiger partial charge in [0.2, 0.25) is 5.95 Å². The lowest BCUT2D eigenvalue weighted by atomic mass is 9.88. The minimum absolute atomic E-state index is 0.239. The average molecular weight is 596 g/mol. The molecule has 180 valence electrons. The van der Waals surface area contributed by atoms with Gasteiger partial charge in [-0.1, -0.05) is 17.7 Å². The average Bonchev–Trinajstić information content (AvgIpc) is 3.23.